The highest BCUT2D eigenvalue weighted by Gasteiger charge is 2.37. The zero-order valence-electron chi connectivity index (χ0n) is 26.0. The Morgan fingerprint density at radius 3 is 1.83 bits per heavy atom. The molecule has 1 aliphatic rings. The largest absolute Gasteiger partial charge is 0.309 e. The Bertz CT molecular complexity index is 2430. The molecule has 46 heavy (non-hydrogen) atoms. The summed E-state index contributed by atoms with van der Waals surface area (Å²) in [6.07, 6.45) is 0. The third-order valence-electron chi connectivity index (χ3n) is 10.0. The van der Waals surface area contributed by atoms with Crippen molar-refractivity contribution >= 4 is 49.4 Å². The van der Waals surface area contributed by atoms with Gasteiger partial charge in [0.2, 0.25) is 0 Å². The maximum atomic E-state index is 2.51. The van der Waals surface area contributed by atoms with Crippen molar-refractivity contribution in [2.75, 3.05) is 4.90 Å². The van der Waals surface area contributed by atoms with Crippen LogP contribution in [0.15, 0.2) is 164 Å². The van der Waals surface area contributed by atoms with Crippen LogP contribution in [0.3, 0.4) is 0 Å². The van der Waals surface area contributed by atoms with Crippen LogP contribution >= 0.6 is 0 Å². The van der Waals surface area contributed by atoms with E-state index in [1.165, 1.54) is 77.1 Å². The van der Waals surface area contributed by atoms with Crippen molar-refractivity contribution in [2.45, 2.75) is 19.3 Å². The van der Waals surface area contributed by atoms with Gasteiger partial charge < -0.3 is 4.90 Å². The van der Waals surface area contributed by atoms with E-state index >= 15 is 0 Å². The second kappa shape index (κ2) is 10.2. The predicted molar refractivity (Wildman–Crippen MR) is 197 cm³/mol. The van der Waals surface area contributed by atoms with Crippen LogP contribution < -0.4 is 4.90 Å². The third-order valence-corrected chi connectivity index (χ3v) is 10.0. The highest BCUT2D eigenvalue weighted by molar-refractivity contribution is 6.24. The number of hydrogen-bond acceptors (Lipinski definition) is 1. The van der Waals surface area contributed by atoms with E-state index < -0.39 is 0 Å². The van der Waals surface area contributed by atoms with E-state index in [9.17, 15) is 0 Å². The first-order valence-corrected chi connectivity index (χ1v) is 16.1. The minimum Gasteiger partial charge on any atom is -0.309 e. The molecule has 0 saturated heterocycles. The first-order valence-electron chi connectivity index (χ1n) is 16.1. The molecule has 0 unspecified atom stereocenters. The molecule has 1 heteroatoms. The van der Waals surface area contributed by atoms with Crippen molar-refractivity contribution in [1.82, 2.24) is 0 Å². The molecule has 8 aromatic carbocycles. The third kappa shape index (κ3) is 3.95. The van der Waals surface area contributed by atoms with Crippen molar-refractivity contribution in [3.8, 4) is 22.3 Å². The monoisotopic (exact) mass is 587 g/mol. The van der Waals surface area contributed by atoms with E-state index in [-0.39, 0.29) is 5.41 Å². The Balaban J connectivity index is 1.38. The fraction of sp³-hybridized carbons (Fsp3) is 0.0667. The number of anilines is 3. The summed E-state index contributed by atoms with van der Waals surface area (Å²) >= 11 is 0. The van der Waals surface area contributed by atoms with Gasteiger partial charge in [0.15, 0.2) is 0 Å². The van der Waals surface area contributed by atoms with Crippen molar-refractivity contribution in [2.24, 2.45) is 0 Å². The zero-order valence-corrected chi connectivity index (χ0v) is 26.0. The van der Waals surface area contributed by atoms with Crippen LogP contribution in [-0.2, 0) is 5.41 Å². The van der Waals surface area contributed by atoms with Gasteiger partial charge in [-0.05, 0) is 79.0 Å². The molecule has 0 saturated carbocycles. The summed E-state index contributed by atoms with van der Waals surface area (Å²) in [5, 5.41) is 7.59. The standard InChI is InChI=1S/C45H33N/c1-45(2)38-18-9-8-17-37(38)44-39(45)19-11-21-41(44)46(35-28-26-31(27-29-35)30-12-4-3-5-13-30)40-20-10-15-33-24-25-34-23-22-32-14-6-7-16-36(32)42(34)43(33)40/h3-29H,1-2H3. The van der Waals surface area contributed by atoms with Crippen molar-refractivity contribution < 1.29 is 0 Å². The lowest BCUT2D eigenvalue weighted by Crippen LogP contribution is -2.16. The molecule has 9 rings (SSSR count). The average molecular weight is 588 g/mol. The minimum absolute atomic E-state index is 0.0908. The Morgan fingerprint density at radius 2 is 1.00 bits per heavy atom. The molecule has 0 radical (unpaired) electrons. The topological polar surface area (TPSA) is 3.24 Å². The van der Waals surface area contributed by atoms with Crippen molar-refractivity contribution in [3.63, 3.8) is 0 Å². The van der Waals surface area contributed by atoms with Gasteiger partial charge in [-0.2, -0.15) is 0 Å². The van der Waals surface area contributed by atoms with Gasteiger partial charge in [0.05, 0.1) is 11.4 Å². The van der Waals surface area contributed by atoms with Crippen LogP contribution in [-0.4, -0.2) is 0 Å². The molecule has 0 spiro atoms. The highest BCUT2D eigenvalue weighted by Crippen LogP contribution is 2.55. The van der Waals surface area contributed by atoms with Crippen LogP contribution in [0.4, 0.5) is 17.1 Å². The van der Waals surface area contributed by atoms with Crippen LogP contribution in [0.1, 0.15) is 25.0 Å². The fourth-order valence-corrected chi connectivity index (χ4v) is 7.80. The van der Waals surface area contributed by atoms with E-state index in [0.717, 1.165) is 5.69 Å². The van der Waals surface area contributed by atoms with E-state index in [0.29, 0.717) is 0 Å². The van der Waals surface area contributed by atoms with Crippen molar-refractivity contribution in [1.29, 1.82) is 0 Å². The maximum absolute atomic E-state index is 2.51. The quantitative estimate of drug-likeness (QED) is 0.185. The molecular formula is C45H33N. The predicted octanol–water partition coefficient (Wildman–Crippen LogP) is 12.6. The summed E-state index contributed by atoms with van der Waals surface area (Å²) in [6.45, 7) is 4.72. The summed E-state index contributed by atoms with van der Waals surface area (Å²) in [4.78, 5) is 2.51. The smallest absolute Gasteiger partial charge is 0.0546 e. The minimum atomic E-state index is -0.0908. The molecule has 0 aromatic heterocycles. The van der Waals surface area contributed by atoms with Crippen molar-refractivity contribution in [3.05, 3.63) is 175 Å². The fourth-order valence-electron chi connectivity index (χ4n) is 7.80. The molecule has 1 nitrogen and oxygen atoms in total. The average Bonchev–Trinajstić information content (AvgIpc) is 3.35. The van der Waals surface area contributed by atoms with E-state index in [1.54, 1.807) is 0 Å². The van der Waals surface area contributed by atoms with Crippen LogP contribution in [0.5, 0.6) is 0 Å². The molecular weight excluding hydrogens is 555 g/mol. The summed E-state index contributed by atoms with van der Waals surface area (Å²) in [7, 11) is 0. The lowest BCUT2D eigenvalue weighted by molar-refractivity contribution is 0.660. The molecule has 1 aliphatic carbocycles. The Kier molecular flexibility index (Phi) is 5.92. The lowest BCUT2D eigenvalue weighted by Gasteiger charge is -2.30. The number of nitrogens with zero attached hydrogens (tertiary/aromatic N) is 1. The molecule has 0 fully saturated rings. The van der Waals surface area contributed by atoms with E-state index in [4.69, 9.17) is 0 Å². The lowest BCUT2D eigenvalue weighted by atomic mass is 9.82. The maximum Gasteiger partial charge on any atom is 0.0546 e. The van der Waals surface area contributed by atoms with Gasteiger partial charge in [-0.15, -0.1) is 0 Å². The normalized spacial score (nSPS) is 13.2. The van der Waals surface area contributed by atoms with E-state index in [1.807, 2.05) is 0 Å². The zero-order chi connectivity index (χ0) is 30.8. The van der Waals surface area contributed by atoms with Crippen LogP contribution in [0.25, 0.3) is 54.6 Å². The van der Waals surface area contributed by atoms with E-state index in [2.05, 4.69) is 183 Å². The molecule has 8 aromatic rings. The molecule has 0 aliphatic heterocycles. The molecule has 218 valence electrons. The summed E-state index contributed by atoms with van der Waals surface area (Å²) < 4.78 is 0. The van der Waals surface area contributed by atoms with Gasteiger partial charge in [-0.3, -0.25) is 0 Å². The van der Waals surface area contributed by atoms with Gasteiger partial charge in [0.1, 0.15) is 0 Å². The number of fused-ring (bicyclic) bond motifs is 8. The second-order valence-electron chi connectivity index (χ2n) is 12.9. The SMILES string of the molecule is CC1(C)c2ccccc2-c2c(N(c3ccc(-c4ccccc4)cc3)c3cccc4ccc5ccc6ccccc6c5c34)cccc21. The van der Waals surface area contributed by atoms with Crippen LogP contribution in [0.2, 0.25) is 0 Å². The molecule has 0 atom stereocenters. The van der Waals surface area contributed by atoms with Gasteiger partial charge in [-0.1, -0.05) is 153 Å². The first kappa shape index (κ1) is 26.7. The summed E-state index contributed by atoms with van der Waals surface area (Å²) in [5.74, 6) is 0. The van der Waals surface area contributed by atoms with Gasteiger partial charge in [-0.25, -0.2) is 0 Å². The Morgan fingerprint density at radius 1 is 0.413 bits per heavy atom. The molecule has 0 heterocycles. The van der Waals surface area contributed by atoms with Crippen LogP contribution in [0, 0.1) is 0 Å². The summed E-state index contributed by atoms with van der Waals surface area (Å²) in [5.41, 5.74) is 11.3. The summed E-state index contributed by atoms with van der Waals surface area (Å²) in [6, 6.07) is 60.2. The number of hydrogen-bond donors (Lipinski definition) is 0. The first-order chi connectivity index (χ1) is 22.6. The molecule has 0 amide bonds. The van der Waals surface area contributed by atoms with Gasteiger partial charge in [0.25, 0.3) is 0 Å². The number of benzene rings is 8. The van der Waals surface area contributed by atoms with Gasteiger partial charge in [0, 0.05) is 22.1 Å². The highest BCUT2D eigenvalue weighted by atomic mass is 15.1. The second-order valence-corrected chi connectivity index (χ2v) is 12.9. The van der Waals surface area contributed by atoms with Gasteiger partial charge >= 0.3 is 0 Å². The number of rotatable bonds is 4. The Hall–Kier alpha value is -5.66. The molecule has 0 bridgehead atoms. The molecule has 0 N–H and O–H groups in total. The Labute approximate surface area is 270 Å².